The number of ether oxygens (including phenoxy) is 2. The molecule has 0 spiro atoms. The fraction of sp³-hybridized carbons (Fsp3) is 0.273. The second-order valence-corrected chi connectivity index (χ2v) is 11.7. The molecule has 5 aromatic rings. The van der Waals surface area contributed by atoms with E-state index in [1.165, 1.54) is 0 Å². The lowest BCUT2D eigenvalue weighted by Crippen LogP contribution is -2.33. The number of rotatable bonds is 13. The SMILES string of the molecule is C=C1CC[C@@H](CNCc2ncc(-c3cccc(-c4cccc(-c5cnc(CNCc6cn[nH]n6)c(OC)n5)c4Cl)c3Cl)nc2OC)N1. The van der Waals surface area contributed by atoms with Gasteiger partial charge in [-0.05, 0) is 12.8 Å². The van der Waals surface area contributed by atoms with Gasteiger partial charge < -0.3 is 25.4 Å². The van der Waals surface area contributed by atoms with Crippen LogP contribution in [0.2, 0.25) is 10.0 Å². The molecule has 3 aromatic heterocycles. The van der Waals surface area contributed by atoms with E-state index in [4.69, 9.17) is 42.6 Å². The molecule has 14 heteroatoms. The Bertz CT molecular complexity index is 1870. The molecule has 242 valence electrons. The highest BCUT2D eigenvalue weighted by atomic mass is 35.5. The van der Waals surface area contributed by atoms with Crippen molar-refractivity contribution in [1.82, 2.24) is 51.3 Å². The Labute approximate surface area is 282 Å². The lowest BCUT2D eigenvalue weighted by Gasteiger charge is -2.15. The summed E-state index contributed by atoms with van der Waals surface area (Å²) in [7, 11) is 3.15. The topological polar surface area (TPSA) is 148 Å². The number of H-pyrrole nitrogens is 1. The Kier molecular flexibility index (Phi) is 10.2. The quantitative estimate of drug-likeness (QED) is 0.128. The zero-order chi connectivity index (χ0) is 32.8. The standard InChI is InChI=1S/C33H34Cl2N10O2/c1-19-10-11-20(41-19)12-36-15-28-32(46-2)42-26(17-38-28)24-8-4-6-22(30(24)34)23-7-5-9-25(31(23)35)27-18-39-29(33(43-27)47-3)16-37-13-21-14-40-45-44-21/h4-9,14,17-18,20,36-37,41H,1,10-13,15-16H2,2-3H3,(H,40,44,45)/t20-/m0/s1. The maximum Gasteiger partial charge on any atom is 0.237 e. The van der Waals surface area contributed by atoms with Gasteiger partial charge in [-0.1, -0.05) is 66.2 Å². The Morgan fingerprint density at radius 3 is 1.89 bits per heavy atom. The van der Waals surface area contributed by atoms with Crippen molar-refractivity contribution in [3.05, 3.63) is 94.4 Å². The summed E-state index contributed by atoms with van der Waals surface area (Å²) in [6.45, 7) is 6.26. The molecule has 4 heterocycles. The lowest BCUT2D eigenvalue weighted by atomic mass is 9.98. The summed E-state index contributed by atoms with van der Waals surface area (Å²) < 4.78 is 11.2. The van der Waals surface area contributed by atoms with Gasteiger partial charge in [0.05, 0.1) is 59.9 Å². The second-order valence-electron chi connectivity index (χ2n) is 10.9. The van der Waals surface area contributed by atoms with Crippen LogP contribution < -0.4 is 25.4 Å². The molecular weight excluding hydrogens is 639 g/mol. The third-order valence-corrected chi connectivity index (χ3v) is 8.61. The number of benzene rings is 2. The summed E-state index contributed by atoms with van der Waals surface area (Å²) in [4.78, 5) is 18.7. The average Bonchev–Trinajstić information content (AvgIpc) is 3.77. The van der Waals surface area contributed by atoms with Crippen molar-refractivity contribution >= 4 is 23.2 Å². The molecule has 6 rings (SSSR count). The first-order valence-electron chi connectivity index (χ1n) is 15.0. The molecule has 2 aromatic carbocycles. The minimum Gasteiger partial charge on any atom is -0.480 e. The Hall–Kier alpha value is -4.62. The van der Waals surface area contributed by atoms with E-state index in [2.05, 4.69) is 47.9 Å². The van der Waals surface area contributed by atoms with Crippen LogP contribution >= 0.6 is 23.2 Å². The lowest BCUT2D eigenvalue weighted by molar-refractivity contribution is 0.386. The van der Waals surface area contributed by atoms with Crippen LogP contribution in [0.1, 0.15) is 29.9 Å². The molecule has 12 nitrogen and oxygen atoms in total. The molecule has 0 unspecified atom stereocenters. The van der Waals surface area contributed by atoms with Crippen LogP contribution in [0.3, 0.4) is 0 Å². The predicted molar refractivity (Wildman–Crippen MR) is 181 cm³/mol. The fourth-order valence-electron chi connectivity index (χ4n) is 5.42. The number of nitrogens with one attached hydrogen (secondary N) is 4. The van der Waals surface area contributed by atoms with Gasteiger partial charge in [-0.25, -0.2) is 9.97 Å². The first kappa shape index (κ1) is 32.3. The van der Waals surface area contributed by atoms with Crippen LogP contribution in [0.15, 0.2) is 67.3 Å². The van der Waals surface area contributed by atoms with E-state index < -0.39 is 0 Å². The van der Waals surface area contributed by atoms with Crippen LogP contribution in [-0.4, -0.2) is 62.2 Å². The number of nitrogens with zero attached hydrogens (tertiary/aromatic N) is 6. The highest BCUT2D eigenvalue weighted by Gasteiger charge is 2.20. The van der Waals surface area contributed by atoms with E-state index in [0.717, 1.165) is 41.9 Å². The second kappa shape index (κ2) is 14.9. The molecular formula is C33H34Cl2N10O2. The maximum absolute atomic E-state index is 7.05. The Morgan fingerprint density at radius 1 is 0.809 bits per heavy atom. The number of aromatic nitrogens is 7. The third kappa shape index (κ3) is 7.36. The van der Waals surface area contributed by atoms with Gasteiger partial charge in [0.15, 0.2) is 0 Å². The van der Waals surface area contributed by atoms with Gasteiger partial charge in [0.2, 0.25) is 11.8 Å². The molecule has 0 saturated carbocycles. The van der Waals surface area contributed by atoms with Crippen LogP contribution in [0, 0.1) is 0 Å². The van der Waals surface area contributed by atoms with Crippen molar-refractivity contribution in [2.75, 3.05) is 20.8 Å². The highest BCUT2D eigenvalue weighted by molar-refractivity contribution is 6.39. The Morgan fingerprint density at radius 2 is 1.38 bits per heavy atom. The monoisotopic (exact) mass is 672 g/mol. The maximum atomic E-state index is 7.05. The molecule has 1 aliphatic rings. The van der Waals surface area contributed by atoms with Crippen LogP contribution in [0.4, 0.5) is 0 Å². The largest absolute Gasteiger partial charge is 0.480 e. The fourth-order valence-corrected chi connectivity index (χ4v) is 6.07. The van der Waals surface area contributed by atoms with Gasteiger partial charge in [-0.15, -0.1) is 0 Å². The summed E-state index contributed by atoms with van der Waals surface area (Å²) in [5.41, 5.74) is 7.25. The van der Waals surface area contributed by atoms with Crippen molar-refractivity contribution < 1.29 is 9.47 Å². The first-order chi connectivity index (χ1) is 22.9. The van der Waals surface area contributed by atoms with Gasteiger partial charge in [0.25, 0.3) is 0 Å². The molecule has 4 N–H and O–H groups in total. The summed E-state index contributed by atoms with van der Waals surface area (Å²) in [6, 6.07) is 11.8. The molecule has 0 bridgehead atoms. The molecule has 0 aliphatic carbocycles. The van der Waals surface area contributed by atoms with Crippen molar-refractivity contribution in [3.8, 4) is 45.4 Å². The molecule has 1 atom stereocenters. The molecule has 1 aliphatic heterocycles. The van der Waals surface area contributed by atoms with Crippen molar-refractivity contribution in [2.24, 2.45) is 0 Å². The van der Waals surface area contributed by atoms with Crippen molar-refractivity contribution in [2.45, 2.75) is 38.5 Å². The smallest absolute Gasteiger partial charge is 0.237 e. The van der Waals surface area contributed by atoms with Gasteiger partial charge in [0, 0.05) is 60.2 Å². The number of allylic oxidation sites excluding steroid dienone is 1. The van der Waals surface area contributed by atoms with Crippen molar-refractivity contribution in [3.63, 3.8) is 0 Å². The van der Waals surface area contributed by atoms with Gasteiger partial charge >= 0.3 is 0 Å². The van der Waals surface area contributed by atoms with Gasteiger partial charge in [0.1, 0.15) is 11.4 Å². The molecule has 0 radical (unpaired) electrons. The number of methoxy groups -OCH3 is 2. The number of halogens is 2. The van der Waals surface area contributed by atoms with E-state index >= 15 is 0 Å². The molecule has 0 amide bonds. The number of aromatic amines is 1. The van der Waals surface area contributed by atoms with E-state index in [0.29, 0.717) is 81.4 Å². The number of hydrogen-bond donors (Lipinski definition) is 4. The zero-order valence-electron chi connectivity index (χ0n) is 26.0. The highest BCUT2D eigenvalue weighted by Crippen LogP contribution is 2.42. The van der Waals surface area contributed by atoms with E-state index in [-0.39, 0.29) is 0 Å². The summed E-state index contributed by atoms with van der Waals surface area (Å²) in [5.74, 6) is 0.827. The average molecular weight is 674 g/mol. The minimum atomic E-state index is 0.361. The van der Waals surface area contributed by atoms with Gasteiger partial charge in [-0.3, -0.25) is 9.97 Å². The van der Waals surface area contributed by atoms with E-state index in [1.54, 1.807) is 32.8 Å². The van der Waals surface area contributed by atoms with E-state index in [1.807, 2.05) is 36.4 Å². The first-order valence-corrected chi connectivity index (χ1v) is 15.8. The number of hydrogen-bond acceptors (Lipinski definition) is 11. The van der Waals surface area contributed by atoms with Crippen LogP contribution in [-0.2, 0) is 19.6 Å². The molecule has 1 fully saturated rings. The molecule has 1 saturated heterocycles. The molecule has 47 heavy (non-hydrogen) atoms. The summed E-state index contributed by atoms with van der Waals surface area (Å²) in [5, 5.41) is 21.5. The predicted octanol–water partition coefficient (Wildman–Crippen LogP) is 5.35. The van der Waals surface area contributed by atoms with E-state index in [9.17, 15) is 0 Å². The van der Waals surface area contributed by atoms with Gasteiger partial charge in [-0.2, -0.15) is 15.4 Å². The summed E-state index contributed by atoms with van der Waals surface area (Å²) >= 11 is 14.1. The Balaban J connectivity index is 1.22. The van der Waals surface area contributed by atoms with Crippen LogP contribution in [0.5, 0.6) is 11.8 Å². The third-order valence-electron chi connectivity index (χ3n) is 7.80. The minimum absolute atomic E-state index is 0.361. The van der Waals surface area contributed by atoms with Crippen molar-refractivity contribution in [1.29, 1.82) is 0 Å². The zero-order valence-corrected chi connectivity index (χ0v) is 27.5. The normalized spacial score (nSPS) is 14.3. The van der Waals surface area contributed by atoms with Crippen LogP contribution in [0.25, 0.3) is 33.6 Å². The summed E-state index contributed by atoms with van der Waals surface area (Å²) in [6.07, 6.45) is 7.11.